The first-order valence-corrected chi connectivity index (χ1v) is 13.2. The SMILES string of the molecule is COc1ccc(S(=O)(=O)N(c2cc(C(C)C)c(O)cc2C)S(=O)(=O)c2ccc(OC)cc2)cc1. The normalized spacial score (nSPS) is 11.9. The topological polar surface area (TPSA) is 110 Å². The average Bonchev–Trinajstić information content (AvgIpc) is 2.80. The van der Waals surface area contributed by atoms with Gasteiger partial charge in [-0.25, -0.2) is 16.8 Å². The van der Waals surface area contributed by atoms with Crippen LogP contribution in [0.4, 0.5) is 5.69 Å². The Labute approximate surface area is 200 Å². The molecule has 0 radical (unpaired) electrons. The van der Waals surface area contributed by atoms with Crippen molar-refractivity contribution in [2.75, 3.05) is 17.9 Å². The molecule has 0 saturated heterocycles. The summed E-state index contributed by atoms with van der Waals surface area (Å²) < 4.78 is 65.9. The van der Waals surface area contributed by atoms with E-state index < -0.39 is 20.0 Å². The summed E-state index contributed by atoms with van der Waals surface area (Å²) in [6.07, 6.45) is 0. The van der Waals surface area contributed by atoms with E-state index in [-0.39, 0.29) is 32.7 Å². The number of phenolic OH excluding ortho intramolecular Hbond substituents is 1. The van der Waals surface area contributed by atoms with Crippen molar-refractivity contribution < 1.29 is 31.4 Å². The van der Waals surface area contributed by atoms with E-state index >= 15 is 0 Å². The molecule has 0 bridgehead atoms. The molecule has 3 aromatic rings. The molecule has 0 atom stereocenters. The van der Waals surface area contributed by atoms with Gasteiger partial charge in [-0.2, -0.15) is 3.71 Å². The fraction of sp³-hybridized carbons (Fsp3) is 0.250. The Hall–Kier alpha value is -3.24. The number of anilines is 1. The van der Waals surface area contributed by atoms with Crippen molar-refractivity contribution in [3.05, 3.63) is 71.8 Å². The molecule has 0 saturated carbocycles. The Morgan fingerprint density at radius 3 is 1.53 bits per heavy atom. The maximum atomic E-state index is 13.8. The quantitative estimate of drug-likeness (QED) is 0.482. The summed E-state index contributed by atoms with van der Waals surface area (Å²) >= 11 is 0. The number of hydrogen-bond donors (Lipinski definition) is 1. The van der Waals surface area contributed by atoms with E-state index in [1.807, 2.05) is 13.8 Å². The van der Waals surface area contributed by atoms with Crippen LogP contribution in [0.1, 0.15) is 30.9 Å². The molecule has 34 heavy (non-hydrogen) atoms. The van der Waals surface area contributed by atoms with Gasteiger partial charge in [0.15, 0.2) is 0 Å². The molecule has 10 heteroatoms. The number of rotatable bonds is 8. The van der Waals surface area contributed by atoms with Crippen molar-refractivity contribution in [3.8, 4) is 17.2 Å². The summed E-state index contributed by atoms with van der Waals surface area (Å²) in [6.45, 7) is 5.17. The lowest BCUT2D eigenvalue weighted by Gasteiger charge is -2.27. The summed E-state index contributed by atoms with van der Waals surface area (Å²) in [4.78, 5) is -0.465. The molecular formula is C24H27NO7S2. The highest BCUT2D eigenvalue weighted by Crippen LogP contribution is 2.38. The van der Waals surface area contributed by atoms with Crippen molar-refractivity contribution in [2.45, 2.75) is 36.5 Å². The molecule has 1 N–H and O–H groups in total. The molecule has 0 amide bonds. The first kappa shape index (κ1) is 25.4. The zero-order chi connectivity index (χ0) is 25.3. The minimum Gasteiger partial charge on any atom is -0.508 e. The third-order valence-electron chi connectivity index (χ3n) is 5.32. The van der Waals surface area contributed by atoms with Gasteiger partial charge in [-0.15, -0.1) is 0 Å². The molecular weight excluding hydrogens is 478 g/mol. The van der Waals surface area contributed by atoms with Gasteiger partial charge in [-0.3, -0.25) is 0 Å². The second kappa shape index (κ2) is 9.55. The van der Waals surface area contributed by atoms with Crippen LogP contribution in [0.3, 0.4) is 0 Å². The summed E-state index contributed by atoms with van der Waals surface area (Å²) in [5.41, 5.74) is 0.615. The maximum absolute atomic E-state index is 13.8. The van der Waals surface area contributed by atoms with Crippen molar-refractivity contribution >= 4 is 25.7 Å². The number of nitrogens with zero attached hydrogens (tertiary/aromatic N) is 1. The van der Waals surface area contributed by atoms with Crippen LogP contribution < -0.4 is 13.2 Å². The number of hydrogen-bond acceptors (Lipinski definition) is 7. The van der Waals surface area contributed by atoms with E-state index in [0.717, 1.165) is 0 Å². The molecule has 0 unspecified atom stereocenters. The van der Waals surface area contributed by atoms with Crippen LogP contribution in [0.15, 0.2) is 70.5 Å². The molecule has 0 aromatic heterocycles. The molecule has 3 rings (SSSR count). The molecule has 8 nitrogen and oxygen atoms in total. The lowest BCUT2D eigenvalue weighted by molar-refractivity contribution is 0.414. The van der Waals surface area contributed by atoms with Crippen molar-refractivity contribution in [2.24, 2.45) is 0 Å². The zero-order valence-corrected chi connectivity index (χ0v) is 21.1. The number of phenols is 1. The molecule has 0 aliphatic rings. The summed E-state index contributed by atoms with van der Waals surface area (Å²) in [7, 11) is -6.32. The summed E-state index contributed by atoms with van der Waals surface area (Å²) in [6, 6.07) is 13.6. The Bertz CT molecular complexity index is 1300. The molecule has 0 aliphatic heterocycles. The molecule has 0 spiro atoms. The van der Waals surface area contributed by atoms with Crippen LogP contribution >= 0.6 is 0 Å². The van der Waals surface area contributed by atoms with Crippen LogP contribution in [0.2, 0.25) is 0 Å². The van der Waals surface area contributed by atoms with Crippen LogP contribution in [0.25, 0.3) is 0 Å². The van der Waals surface area contributed by atoms with E-state index in [1.165, 1.54) is 74.9 Å². The fourth-order valence-electron chi connectivity index (χ4n) is 3.43. The number of benzene rings is 3. The van der Waals surface area contributed by atoms with E-state index in [1.54, 1.807) is 6.92 Å². The Morgan fingerprint density at radius 2 is 1.18 bits per heavy atom. The van der Waals surface area contributed by atoms with Crippen molar-refractivity contribution in [3.63, 3.8) is 0 Å². The first-order valence-electron chi connectivity index (χ1n) is 10.4. The van der Waals surface area contributed by atoms with Gasteiger partial charge in [0, 0.05) is 0 Å². The minimum absolute atomic E-state index is 0.0418. The van der Waals surface area contributed by atoms with Crippen LogP contribution in [-0.2, 0) is 20.0 Å². The van der Waals surface area contributed by atoms with Gasteiger partial charge in [0.05, 0.1) is 29.7 Å². The fourth-order valence-corrected chi connectivity index (χ4v) is 7.24. The second-order valence-corrected chi connectivity index (χ2v) is 11.7. The van der Waals surface area contributed by atoms with E-state index in [4.69, 9.17) is 9.47 Å². The Balaban J connectivity index is 2.33. The molecule has 0 heterocycles. The van der Waals surface area contributed by atoms with Crippen LogP contribution in [0.5, 0.6) is 17.2 Å². The largest absolute Gasteiger partial charge is 0.508 e. The monoisotopic (exact) mass is 505 g/mol. The van der Waals surface area contributed by atoms with E-state index in [9.17, 15) is 21.9 Å². The first-order chi connectivity index (χ1) is 15.9. The van der Waals surface area contributed by atoms with Crippen molar-refractivity contribution in [1.29, 1.82) is 0 Å². The second-order valence-electron chi connectivity index (χ2n) is 7.91. The highest BCUT2D eigenvalue weighted by molar-refractivity contribution is 8.10. The molecule has 0 aliphatic carbocycles. The molecule has 0 fully saturated rings. The van der Waals surface area contributed by atoms with Gasteiger partial charge in [-0.05, 0) is 84.6 Å². The van der Waals surface area contributed by atoms with Gasteiger partial charge in [0.25, 0.3) is 20.0 Å². The highest BCUT2D eigenvalue weighted by Gasteiger charge is 2.38. The number of sulfonamides is 2. The lowest BCUT2D eigenvalue weighted by Crippen LogP contribution is -2.37. The van der Waals surface area contributed by atoms with Crippen LogP contribution in [0, 0.1) is 6.92 Å². The average molecular weight is 506 g/mol. The number of methoxy groups -OCH3 is 2. The Morgan fingerprint density at radius 1 is 0.765 bits per heavy atom. The molecule has 3 aromatic carbocycles. The van der Waals surface area contributed by atoms with Gasteiger partial charge in [0.2, 0.25) is 0 Å². The molecule has 182 valence electrons. The van der Waals surface area contributed by atoms with Crippen LogP contribution in [-0.4, -0.2) is 36.2 Å². The third kappa shape index (κ3) is 4.69. The number of aryl methyl sites for hydroxylation is 1. The van der Waals surface area contributed by atoms with Gasteiger partial charge >= 0.3 is 0 Å². The summed E-state index contributed by atoms with van der Waals surface area (Å²) in [5, 5.41) is 10.4. The van der Waals surface area contributed by atoms with Gasteiger partial charge < -0.3 is 14.6 Å². The lowest BCUT2D eigenvalue weighted by atomic mass is 9.99. The number of aromatic hydroxyl groups is 1. The third-order valence-corrected chi connectivity index (χ3v) is 9.50. The predicted octanol–water partition coefficient (Wildman–Crippen LogP) is 4.43. The van der Waals surface area contributed by atoms with E-state index in [2.05, 4.69) is 0 Å². The smallest absolute Gasteiger partial charge is 0.277 e. The van der Waals surface area contributed by atoms with E-state index in [0.29, 0.717) is 20.8 Å². The number of ether oxygens (including phenoxy) is 2. The predicted molar refractivity (Wildman–Crippen MR) is 130 cm³/mol. The Kier molecular flexibility index (Phi) is 7.13. The standard InChI is InChI=1S/C24H27NO7S2/c1-16(2)22-15-23(17(3)14-24(22)26)25(33(27,28)20-10-6-18(31-4)7-11-20)34(29,30)21-12-8-19(32-5)9-13-21/h6-16,26H,1-5H3. The maximum Gasteiger partial charge on any atom is 0.277 e. The zero-order valence-electron chi connectivity index (χ0n) is 19.5. The van der Waals surface area contributed by atoms with Gasteiger partial charge in [-0.1, -0.05) is 13.8 Å². The van der Waals surface area contributed by atoms with Gasteiger partial charge in [0.1, 0.15) is 17.2 Å². The summed E-state index contributed by atoms with van der Waals surface area (Å²) in [5.74, 6) is 0.617. The minimum atomic E-state index is -4.60. The van der Waals surface area contributed by atoms with Crippen molar-refractivity contribution in [1.82, 2.24) is 0 Å². The highest BCUT2D eigenvalue weighted by atomic mass is 32.3.